The van der Waals surface area contributed by atoms with Gasteiger partial charge >= 0.3 is 0 Å². The second-order valence-corrected chi connectivity index (χ2v) is 8.25. The summed E-state index contributed by atoms with van der Waals surface area (Å²) in [6.07, 6.45) is 0.747. The fourth-order valence-corrected chi connectivity index (χ4v) is 4.68. The molecule has 0 aliphatic carbocycles. The third kappa shape index (κ3) is 5.05. The van der Waals surface area contributed by atoms with E-state index in [-0.39, 0.29) is 36.2 Å². The number of hydrogen-bond donors (Lipinski definition) is 0. The average Bonchev–Trinajstić information content (AvgIpc) is 2.68. The van der Waals surface area contributed by atoms with Crippen LogP contribution in [0.5, 0.6) is 0 Å². The number of sulfonamides is 1. The number of rotatable bonds is 6. The van der Waals surface area contributed by atoms with Crippen molar-refractivity contribution in [2.75, 3.05) is 32.7 Å². The maximum Gasteiger partial charge on any atom is 0.289 e. The molecule has 3 rings (SSSR count). The van der Waals surface area contributed by atoms with Crippen LogP contribution in [0.2, 0.25) is 0 Å². The molecule has 28 heavy (non-hydrogen) atoms. The summed E-state index contributed by atoms with van der Waals surface area (Å²) in [5.41, 5.74) is 0.614. The van der Waals surface area contributed by atoms with E-state index in [9.17, 15) is 22.9 Å². The second-order valence-electron chi connectivity index (χ2n) is 6.35. The van der Waals surface area contributed by atoms with Crippen LogP contribution >= 0.6 is 12.4 Å². The van der Waals surface area contributed by atoms with E-state index in [1.807, 2.05) is 0 Å². The van der Waals surface area contributed by atoms with Crippen molar-refractivity contribution in [2.24, 2.45) is 0 Å². The number of benzene rings is 2. The Labute approximate surface area is 169 Å². The molecule has 0 aromatic heterocycles. The normalized spacial score (nSPS) is 15.8. The first-order chi connectivity index (χ1) is 12.9. The van der Waals surface area contributed by atoms with E-state index in [1.165, 1.54) is 40.7 Å². The van der Waals surface area contributed by atoms with Crippen molar-refractivity contribution >= 4 is 28.1 Å². The Morgan fingerprint density at radius 2 is 1.61 bits per heavy atom. The lowest BCUT2D eigenvalue weighted by Crippen LogP contribution is -2.49. The average molecular weight is 430 g/mol. The second kappa shape index (κ2) is 9.42. The van der Waals surface area contributed by atoms with Crippen molar-refractivity contribution in [1.29, 1.82) is 0 Å². The highest BCUT2D eigenvalue weighted by Gasteiger charge is 2.33. The Kier molecular flexibility index (Phi) is 7.48. The summed E-state index contributed by atoms with van der Waals surface area (Å²) in [5, 5.41) is 11.1. The van der Waals surface area contributed by atoms with Crippen LogP contribution in [-0.2, 0) is 16.4 Å². The molecule has 1 aliphatic rings. The van der Waals surface area contributed by atoms with Crippen LogP contribution in [0.15, 0.2) is 53.4 Å². The van der Waals surface area contributed by atoms with Crippen LogP contribution in [0.25, 0.3) is 0 Å². The standard InChI is InChI=1S/C18H20FN3O4S.ClH/c19-16-7-5-15(6-8-16)9-10-20-11-13-21(14-12-20)27(25,26)18-4-2-1-3-17(18)22(23)24;/h1-8H,9-14H2;1H. The molecule has 0 amide bonds. The van der Waals surface area contributed by atoms with Crippen LogP contribution in [0.3, 0.4) is 0 Å². The minimum atomic E-state index is -3.91. The molecule has 0 radical (unpaired) electrons. The van der Waals surface area contributed by atoms with Gasteiger partial charge in [0.05, 0.1) is 4.92 Å². The minimum Gasteiger partial charge on any atom is -0.300 e. The quantitative estimate of drug-likeness (QED) is 0.520. The van der Waals surface area contributed by atoms with Gasteiger partial charge in [-0.1, -0.05) is 24.3 Å². The van der Waals surface area contributed by atoms with Gasteiger partial charge in [0.1, 0.15) is 5.82 Å². The van der Waals surface area contributed by atoms with E-state index < -0.39 is 20.6 Å². The van der Waals surface area contributed by atoms with E-state index >= 15 is 0 Å². The van der Waals surface area contributed by atoms with Crippen molar-refractivity contribution in [2.45, 2.75) is 11.3 Å². The number of hydrogen-bond acceptors (Lipinski definition) is 5. The Hall–Kier alpha value is -2.07. The maximum absolute atomic E-state index is 12.9. The highest BCUT2D eigenvalue weighted by molar-refractivity contribution is 7.89. The van der Waals surface area contributed by atoms with Crippen molar-refractivity contribution in [3.8, 4) is 0 Å². The van der Waals surface area contributed by atoms with Gasteiger partial charge in [-0.25, -0.2) is 12.8 Å². The first-order valence-corrected chi connectivity index (χ1v) is 10.0. The van der Waals surface area contributed by atoms with Crippen LogP contribution < -0.4 is 0 Å². The molecule has 1 heterocycles. The fourth-order valence-electron chi connectivity index (χ4n) is 3.10. The summed E-state index contributed by atoms with van der Waals surface area (Å²) in [7, 11) is -3.91. The summed E-state index contributed by atoms with van der Waals surface area (Å²) < 4.78 is 39.8. The van der Waals surface area contributed by atoms with Gasteiger partial charge in [0.2, 0.25) is 10.0 Å². The molecule has 0 bridgehead atoms. The molecule has 0 spiro atoms. The number of piperazine rings is 1. The van der Waals surface area contributed by atoms with E-state index in [1.54, 1.807) is 12.1 Å². The third-order valence-corrected chi connectivity index (χ3v) is 6.59. The van der Waals surface area contributed by atoms with Crippen molar-refractivity contribution in [3.05, 3.63) is 70.0 Å². The smallest absolute Gasteiger partial charge is 0.289 e. The number of nitro groups is 1. The summed E-state index contributed by atoms with van der Waals surface area (Å²) in [5.74, 6) is -0.271. The maximum atomic E-state index is 12.9. The fraction of sp³-hybridized carbons (Fsp3) is 0.333. The van der Waals surface area contributed by atoms with Gasteiger partial charge in [-0.3, -0.25) is 10.1 Å². The van der Waals surface area contributed by atoms with E-state index in [4.69, 9.17) is 0 Å². The molecule has 0 saturated carbocycles. The molecular weight excluding hydrogens is 409 g/mol. The molecule has 152 valence electrons. The van der Waals surface area contributed by atoms with Gasteiger partial charge in [0, 0.05) is 38.8 Å². The number of para-hydroxylation sites is 1. The molecular formula is C18H21ClFN3O4S. The third-order valence-electron chi connectivity index (χ3n) is 4.64. The molecule has 10 heteroatoms. The zero-order valence-corrected chi connectivity index (χ0v) is 16.7. The summed E-state index contributed by atoms with van der Waals surface area (Å²) in [4.78, 5) is 12.3. The highest BCUT2D eigenvalue weighted by Crippen LogP contribution is 2.26. The van der Waals surface area contributed by atoms with Gasteiger partial charge < -0.3 is 4.90 Å². The minimum absolute atomic E-state index is 0. The summed E-state index contributed by atoms with van der Waals surface area (Å²) in [6, 6.07) is 11.7. The van der Waals surface area contributed by atoms with Crippen molar-refractivity contribution in [1.82, 2.24) is 9.21 Å². The zero-order valence-electron chi connectivity index (χ0n) is 15.0. The highest BCUT2D eigenvalue weighted by atomic mass is 35.5. The van der Waals surface area contributed by atoms with Crippen molar-refractivity contribution in [3.63, 3.8) is 0 Å². The number of nitrogens with zero attached hydrogens (tertiary/aromatic N) is 3. The molecule has 7 nitrogen and oxygen atoms in total. The number of halogens is 2. The molecule has 2 aromatic carbocycles. The van der Waals surface area contributed by atoms with E-state index in [0.29, 0.717) is 13.1 Å². The Balaban J connectivity index is 0.00000280. The summed E-state index contributed by atoms with van der Waals surface area (Å²) >= 11 is 0. The van der Waals surface area contributed by atoms with Gasteiger partial charge in [-0.05, 0) is 30.2 Å². The van der Waals surface area contributed by atoms with Crippen LogP contribution in [0.1, 0.15) is 5.56 Å². The predicted octanol–water partition coefficient (Wildman–Crippen LogP) is 2.70. The van der Waals surface area contributed by atoms with E-state index in [0.717, 1.165) is 18.5 Å². The Bertz CT molecular complexity index is 917. The van der Waals surface area contributed by atoms with Gasteiger partial charge in [-0.15, -0.1) is 12.4 Å². The number of nitro benzene ring substituents is 1. The largest absolute Gasteiger partial charge is 0.300 e. The van der Waals surface area contributed by atoms with E-state index in [2.05, 4.69) is 4.90 Å². The van der Waals surface area contributed by atoms with Crippen LogP contribution in [0.4, 0.5) is 10.1 Å². The summed E-state index contributed by atoms with van der Waals surface area (Å²) in [6.45, 7) is 2.38. The lowest BCUT2D eigenvalue weighted by molar-refractivity contribution is -0.387. The monoisotopic (exact) mass is 429 g/mol. The first kappa shape index (κ1) is 22.2. The SMILES string of the molecule is Cl.O=[N+]([O-])c1ccccc1S(=O)(=O)N1CCN(CCc2ccc(F)cc2)CC1. The topological polar surface area (TPSA) is 83.8 Å². The molecule has 2 aromatic rings. The lowest BCUT2D eigenvalue weighted by atomic mass is 10.1. The van der Waals surface area contributed by atoms with Gasteiger partial charge in [-0.2, -0.15) is 4.31 Å². The van der Waals surface area contributed by atoms with Crippen molar-refractivity contribution < 1.29 is 17.7 Å². The van der Waals surface area contributed by atoms with Gasteiger partial charge in [0.25, 0.3) is 5.69 Å². The predicted molar refractivity (Wildman–Crippen MR) is 106 cm³/mol. The molecule has 1 aliphatic heterocycles. The molecule has 1 saturated heterocycles. The van der Waals surface area contributed by atoms with Gasteiger partial charge in [0.15, 0.2) is 4.90 Å². The molecule has 1 fully saturated rings. The first-order valence-electron chi connectivity index (χ1n) is 8.58. The molecule has 0 unspecified atom stereocenters. The molecule has 0 N–H and O–H groups in total. The Morgan fingerprint density at radius 3 is 2.21 bits per heavy atom. The Morgan fingerprint density at radius 1 is 1.00 bits per heavy atom. The molecule has 0 atom stereocenters. The van der Waals surface area contributed by atoms with Crippen LogP contribution in [0, 0.1) is 15.9 Å². The van der Waals surface area contributed by atoms with Crippen LogP contribution in [-0.4, -0.2) is 55.3 Å². The lowest BCUT2D eigenvalue weighted by Gasteiger charge is -2.33. The zero-order chi connectivity index (χ0) is 19.4.